The molecule has 1 aromatic carbocycles. The molecule has 8 nitrogen and oxygen atoms in total. The van der Waals surface area contributed by atoms with Gasteiger partial charge in [-0.2, -0.15) is 0 Å². The molecule has 2 aromatic heterocycles. The number of carbonyl (C=O) groups is 2. The second-order valence-electron chi connectivity index (χ2n) is 7.37. The highest BCUT2D eigenvalue weighted by Gasteiger charge is 2.22. The lowest BCUT2D eigenvalue weighted by molar-refractivity contribution is 0.102. The third kappa shape index (κ3) is 5.56. The minimum absolute atomic E-state index is 0.0551. The number of nitrogens with one attached hydrogen (secondary N) is 2. The molecular formula is C21H19Cl3N6O2S. The van der Waals surface area contributed by atoms with E-state index in [0.29, 0.717) is 10.8 Å². The highest BCUT2D eigenvalue weighted by Crippen LogP contribution is 2.31. The molecule has 4 rings (SSSR count). The van der Waals surface area contributed by atoms with Gasteiger partial charge in [-0.3, -0.25) is 9.59 Å². The number of pyridine rings is 1. The zero-order valence-electron chi connectivity index (χ0n) is 17.4. The van der Waals surface area contributed by atoms with E-state index in [9.17, 15) is 9.59 Å². The summed E-state index contributed by atoms with van der Waals surface area (Å²) in [5.41, 5.74) is 2.57. The average Bonchev–Trinajstić information content (AvgIpc) is 3.22. The summed E-state index contributed by atoms with van der Waals surface area (Å²) in [6.07, 6.45) is 1.73. The van der Waals surface area contributed by atoms with Crippen LogP contribution in [0.25, 0.3) is 0 Å². The first-order valence-corrected chi connectivity index (χ1v) is 11.9. The van der Waals surface area contributed by atoms with Crippen LogP contribution in [0.4, 0.5) is 16.5 Å². The van der Waals surface area contributed by atoms with E-state index in [1.165, 1.54) is 17.6 Å². The largest absolute Gasteiger partial charge is 0.368 e. The van der Waals surface area contributed by atoms with Gasteiger partial charge in [0.2, 0.25) is 0 Å². The first-order chi connectivity index (χ1) is 15.8. The van der Waals surface area contributed by atoms with Gasteiger partial charge in [0.1, 0.15) is 10.8 Å². The van der Waals surface area contributed by atoms with Gasteiger partial charge in [-0.1, -0.05) is 34.8 Å². The second kappa shape index (κ2) is 10.2. The smallest absolute Gasteiger partial charge is 0.278 e. The molecule has 0 atom stereocenters. The standard InChI is InChI=1S/C21H19Cl3N6O2S/c1-29-4-6-30(7-5-29)13-2-3-16(25-10-13)27-20(32)18-21(33-11-26-18)28-19(31)17-14(23)8-12(22)9-15(17)24/h2-3,8-11H,4-7H2,1H3,(H,28,31)(H,25,27,32). The quantitative estimate of drug-likeness (QED) is 0.499. The number of nitrogens with zero attached hydrogens (tertiary/aromatic N) is 4. The van der Waals surface area contributed by atoms with Crippen LogP contribution in [-0.4, -0.2) is 59.9 Å². The van der Waals surface area contributed by atoms with Crippen molar-refractivity contribution in [1.29, 1.82) is 0 Å². The Morgan fingerprint density at radius 3 is 2.30 bits per heavy atom. The van der Waals surface area contributed by atoms with E-state index in [1.807, 2.05) is 6.07 Å². The zero-order valence-corrected chi connectivity index (χ0v) is 20.5. The minimum atomic E-state index is -0.574. The number of benzene rings is 1. The van der Waals surface area contributed by atoms with Gasteiger partial charge in [0.25, 0.3) is 11.8 Å². The van der Waals surface area contributed by atoms with Crippen molar-refractivity contribution in [2.24, 2.45) is 0 Å². The Kier molecular flexibility index (Phi) is 7.35. The van der Waals surface area contributed by atoms with Gasteiger partial charge in [-0.15, -0.1) is 11.3 Å². The number of halogens is 3. The highest BCUT2D eigenvalue weighted by atomic mass is 35.5. The molecule has 1 aliphatic heterocycles. The van der Waals surface area contributed by atoms with Crippen LogP contribution >= 0.6 is 46.1 Å². The number of thiazole rings is 1. The summed E-state index contributed by atoms with van der Waals surface area (Å²) < 4.78 is 0. The van der Waals surface area contributed by atoms with Crippen LogP contribution in [0.5, 0.6) is 0 Å². The Bertz CT molecular complexity index is 1160. The summed E-state index contributed by atoms with van der Waals surface area (Å²) in [7, 11) is 2.10. The van der Waals surface area contributed by atoms with Crippen molar-refractivity contribution in [1.82, 2.24) is 14.9 Å². The predicted octanol–water partition coefficient (Wildman–Crippen LogP) is 4.75. The summed E-state index contributed by atoms with van der Waals surface area (Å²) in [5, 5.41) is 6.13. The number of carbonyl (C=O) groups excluding carboxylic acids is 2. The summed E-state index contributed by atoms with van der Waals surface area (Å²) in [6.45, 7) is 3.83. The third-order valence-corrected chi connectivity index (χ3v) is 6.66. The molecule has 172 valence electrons. The lowest BCUT2D eigenvalue weighted by Gasteiger charge is -2.33. The van der Waals surface area contributed by atoms with Crippen molar-refractivity contribution >= 4 is 74.5 Å². The van der Waals surface area contributed by atoms with Crippen molar-refractivity contribution in [2.45, 2.75) is 0 Å². The number of anilines is 3. The van der Waals surface area contributed by atoms with E-state index in [0.717, 1.165) is 43.2 Å². The summed E-state index contributed by atoms with van der Waals surface area (Å²) in [5.74, 6) is -0.693. The Hall–Kier alpha value is -2.43. The van der Waals surface area contributed by atoms with E-state index >= 15 is 0 Å². The number of likely N-dealkylation sites (N-methyl/N-ethyl adjacent to an activating group) is 1. The predicted molar refractivity (Wildman–Crippen MR) is 133 cm³/mol. The molecule has 2 amide bonds. The molecule has 12 heteroatoms. The van der Waals surface area contributed by atoms with E-state index in [4.69, 9.17) is 34.8 Å². The first-order valence-electron chi connectivity index (χ1n) is 9.92. The number of piperazine rings is 1. The molecule has 0 saturated carbocycles. The molecule has 1 saturated heterocycles. The molecule has 0 bridgehead atoms. The molecule has 1 fully saturated rings. The fourth-order valence-corrected chi connectivity index (χ4v) is 4.97. The Morgan fingerprint density at radius 1 is 0.970 bits per heavy atom. The maximum Gasteiger partial charge on any atom is 0.278 e. The first kappa shape index (κ1) is 23.7. The third-order valence-electron chi connectivity index (χ3n) is 5.10. The molecule has 3 heterocycles. The molecule has 3 aromatic rings. The van der Waals surface area contributed by atoms with Gasteiger partial charge in [0.15, 0.2) is 5.69 Å². The van der Waals surface area contributed by atoms with Crippen molar-refractivity contribution in [3.8, 4) is 0 Å². The maximum absolute atomic E-state index is 12.8. The van der Waals surface area contributed by atoms with Gasteiger partial charge in [-0.25, -0.2) is 9.97 Å². The lowest BCUT2D eigenvalue weighted by atomic mass is 10.2. The highest BCUT2D eigenvalue weighted by molar-refractivity contribution is 7.14. The van der Waals surface area contributed by atoms with Crippen LogP contribution in [0.15, 0.2) is 36.0 Å². The monoisotopic (exact) mass is 524 g/mol. The van der Waals surface area contributed by atoms with Crippen LogP contribution in [0, 0.1) is 0 Å². The Morgan fingerprint density at radius 2 is 1.67 bits per heavy atom. The summed E-state index contributed by atoms with van der Waals surface area (Å²) >= 11 is 19.2. The van der Waals surface area contributed by atoms with Gasteiger partial charge in [0.05, 0.1) is 33.0 Å². The zero-order chi connectivity index (χ0) is 23.5. The van der Waals surface area contributed by atoms with E-state index in [1.54, 1.807) is 12.3 Å². The SMILES string of the molecule is CN1CCN(c2ccc(NC(=O)c3ncsc3NC(=O)c3c(Cl)cc(Cl)cc3Cl)nc2)CC1. The van der Waals surface area contributed by atoms with Crippen LogP contribution < -0.4 is 15.5 Å². The molecule has 0 spiro atoms. The average molecular weight is 526 g/mol. The van der Waals surface area contributed by atoms with Crippen molar-refractivity contribution in [2.75, 3.05) is 48.8 Å². The van der Waals surface area contributed by atoms with Gasteiger partial charge >= 0.3 is 0 Å². The molecular weight excluding hydrogens is 507 g/mol. The number of hydrogen-bond acceptors (Lipinski definition) is 7. The Balaban J connectivity index is 1.43. The summed E-state index contributed by atoms with van der Waals surface area (Å²) in [6, 6.07) is 6.50. The lowest BCUT2D eigenvalue weighted by Crippen LogP contribution is -2.44. The minimum Gasteiger partial charge on any atom is -0.368 e. The molecule has 33 heavy (non-hydrogen) atoms. The number of hydrogen-bond donors (Lipinski definition) is 2. The molecule has 1 aliphatic rings. The van der Waals surface area contributed by atoms with E-state index in [-0.39, 0.29) is 26.3 Å². The number of aromatic nitrogens is 2. The summed E-state index contributed by atoms with van der Waals surface area (Å²) in [4.78, 5) is 38.4. The molecule has 2 N–H and O–H groups in total. The van der Waals surface area contributed by atoms with E-state index in [2.05, 4.69) is 37.4 Å². The van der Waals surface area contributed by atoms with Crippen molar-refractivity contribution in [3.63, 3.8) is 0 Å². The van der Waals surface area contributed by atoms with E-state index < -0.39 is 11.8 Å². The van der Waals surface area contributed by atoms with Gasteiger partial charge in [-0.05, 0) is 31.3 Å². The number of amides is 2. The van der Waals surface area contributed by atoms with Crippen LogP contribution in [0.2, 0.25) is 15.1 Å². The number of rotatable bonds is 5. The molecule has 0 unspecified atom stereocenters. The van der Waals surface area contributed by atoms with Gasteiger partial charge < -0.3 is 20.4 Å². The van der Waals surface area contributed by atoms with Crippen molar-refractivity contribution < 1.29 is 9.59 Å². The Labute approximate surface area is 209 Å². The van der Waals surface area contributed by atoms with Crippen molar-refractivity contribution in [3.05, 3.63) is 62.3 Å². The van der Waals surface area contributed by atoms with Crippen LogP contribution in [0.3, 0.4) is 0 Å². The topological polar surface area (TPSA) is 90.5 Å². The molecule has 0 aliphatic carbocycles. The van der Waals surface area contributed by atoms with Gasteiger partial charge in [0, 0.05) is 31.2 Å². The fourth-order valence-electron chi connectivity index (χ4n) is 3.31. The molecule has 0 radical (unpaired) electrons. The maximum atomic E-state index is 12.8. The second-order valence-corrected chi connectivity index (χ2v) is 9.48. The fraction of sp³-hybridized carbons (Fsp3) is 0.238. The van der Waals surface area contributed by atoms with Crippen LogP contribution in [-0.2, 0) is 0 Å². The van der Waals surface area contributed by atoms with Crippen LogP contribution in [0.1, 0.15) is 20.8 Å². The normalized spacial score (nSPS) is 14.2.